The molecule has 0 aromatic carbocycles. The van der Waals surface area contributed by atoms with E-state index in [1.165, 1.54) is 11.3 Å². The largest absolute Gasteiger partial charge is 0.385 e. The Morgan fingerprint density at radius 2 is 2.41 bits per heavy atom. The van der Waals surface area contributed by atoms with E-state index in [4.69, 9.17) is 4.74 Å². The summed E-state index contributed by atoms with van der Waals surface area (Å²) in [5.74, 6) is 0.0473. The Morgan fingerprint density at radius 1 is 1.59 bits per heavy atom. The van der Waals surface area contributed by atoms with Crippen LogP contribution >= 0.6 is 0 Å². The summed E-state index contributed by atoms with van der Waals surface area (Å²) < 4.78 is 7.05. The zero-order chi connectivity index (χ0) is 15.9. The highest BCUT2D eigenvalue weighted by molar-refractivity contribution is 5.81. The number of hydrogen-bond donors (Lipinski definition) is 2. The monoisotopic (exact) mass is 308 g/mol. The van der Waals surface area contributed by atoms with E-state index in [2.05, 4.69) is 27.3 Å². The minimum atomic E-state index is -0.205. The molecule has 0 unspecified atom stereocenters. The van der Waals surface area contributed by atoms with Gasteiger partial charge in [0.25, 0.3) is 0 Å². The fourth-order valence-electron chi connectivity index (χ4n) is 3.02. The molecular formula is C16H28N4O2. The van der Waals surface area contributed by atoms with Crippen LogP contribution in [0.15, 0.2) is 6.20 Å². The molecule has 2 atom stereocenters. The van der Waals surface area contributed by atoms with Crippen molar-refractivity contribution >= 4 is 5.91 Å². The van der Waals surface area contributed by atoms with Crippen LogP contribution in [0.1, 0.15) is 50.4 Å². The first-order valence-corrected chi connectivity index (χ1v) is 8.24. The lowest BCUT2D eigenvalue weighted by atomic mass is 9.92. The van der Waals surface area contributed by atoms with Gasteiger partial charge in [-0.15, -0.1) is 0 Å². The molecule has 1 amide bonds. The fourth-order valence-corrected chi connectivity index (χ4v) is 3.02. The van der Waals surface area contributed by atoms with Gasteiger partial charge < -0.3 is 10.1 Å². The van der Waals surface area contributed by atoms with Crippen molar-refractivity contribution < 1.29 is 9.53 Å². The highest BCUT2D eigenvalue weighted by atomic mass is 16.5. The van der Waals surface area contributed by atoms with Crippen LogP contribution in [-0.4, -0.2) is 42.0 Å². The first-order valence-electron chi connectivity index (χ1n) is 8.24. The summed E-state index contributed by atoms with van der Waals surface area (Å²) in [5.41, 5.74) is 2.58. The number of carbonyl (C=O) groups is 1. The van der Waals surface area contributed by atoms with Gasteiger partial charge >= 0.3 is 0 Å². The molecule has 0 saturated carbocycles. The van der Waals surface area contributed by atoms with E-state index in [0.29, 0.717) is 13.2 Å². The van der Waals surface area contributed by atoms with Gasteiger partial charge in [0.2, 0.25) is 5.91 Å². The third-order valence-corrected chi connectivity index (χ3v) is 4.23. The molecule has 0 bridgehead atoms. The zero-order valence-electron chi connectivity index (χ0n) is 13.9. The van der Waals surface area contributed by atoms with Crippen LogP contribution in [0.3, 0.4) is 0 Å². The fraction of sp³-hybridized carbons (Fsp3) is 0.750. The number of fused-ring (bicyclic) bond motifs is 1. The van der Waals surface area contributed by atoms with Gasteiger partial charge in [0, 0.05) is 44.1 Å². The number of hydrogen-bond acceptors (Lipinski definition) is 4. The van der Waals surface area contributed by atoms with E-state index >= 15 is 0 Å². The van der Waals surface area contributed by atoms with Crippen molar-refractivity contribution in [2.75, 3.05) is 20.3 Å². The summed E-state index contributed by atoms with van der Waals surface area (Å²) in [6, 6.07) is 0.0206. The molecule has 1 aliphatic carbocycles. The Balaban J connectivity index is 1.88. The van der Waals surface area contributed by atoms with E-state index in [9.17, 15) is 4.79 Å². The van der Waals surface area contributed by atoms with E-state index in [-0.39, 0.29) is 18.0 Å². The standard InChI is InChI=1S/C16H28N4O2/c1-4-20-15-8-5-7-14(13(15)11-18-20)19-12(2)16(21)17-9-6-10-22-3/h11-12,14,19H,4-10H2,1-3H3,(H,17,21)/t12-,14-/m1/s1. The summed E-state index contributed by atoms with van der Waals surface area (Å²) in [6.45, 7) is 6.26. The van der Waals surface area contributed by atoms with Gasteiger partial charge in [0.05, 0.1) is 12.2 Å². The van der Waals surface area contributed by atoms with Gasteiger partial charge in [-0.25, -0.2) is 0 Å². The Bertz CT molecular complexity index is 486. The zero-order valence-corrected chi connectivity index (χ0v) is 13.9. The van der Waals surface area contributed by atoms with Crippen LogP contribution in [0.25, 0.3) is 0 Å². The molecule has 1 aliphatic rings. The highest BCUT2D eigenvalue weighted by Crippen LogP contribution is 2.29. The number of carbonyl (C=O) groups excluding carboxylic acids is 1. The second kappa shape index (κ2) is 8.29. The second-order valence-electron chi connectivity index (χ2n) is 5.83. The van der Waals surface area contributed by atoms with Crippen LogP contribution in [-0.2, 0) is 22.5 Å². The Labute approximate surface area is 132 Å². The number of rotatable bonds is 8. The maximum Gasteiger partial charge on any atom is 0.236 e. The number of methoxy groups -OCH3 is 1. The van der Waals surface area contributed by atoms with Crippen LogP contribution in [0, 0.1) is 0 Å². The van der Waals surface area contributed by atoms with Crippen LogP contribution in [0.4, 0.5) is 0 Å². The van der Waals surface area contributed by atoms with Gasteiger partial charge in [0.15, 0.2) is 0 Å². The Kier molecular flexibility index (Phi) is 6.39. The third kappa shape index (κ3) is 4.08. The van der Waals surface area contributed by atoms with E-state index < -0.39 is 0 Å². The van der Waals surface area contributed by atoms with Crippen molar-refractivity contribution in [3.8, 4) is 0 Å². The van der Waals surface area contributed by atoms with Gasteiger partial charge in [0.1, 0.15) is 0 Å². The Hall–Kier alpha value is -1.40. The molecule has 0 fully saturated rings. The quantitative estimate of drug-likeness (QED) is 0.713. The molecule has 0 radical (unpaired) electrons. The lowest BCUT2D eigenvalue weighted by Gasteiger charge is -2.27. The molecule has 0 saturated heterocycles. The maximum atomic E-state index is 12.1. The first kappa shape index (κ1) is 17.0. The molecule has 1 aromatic rings. The third-order valence-electron chi connectivity index (χ3n) is 4.23. The average molecular weight is 308 g/mol. The number of amides is 1. The summed E-state index contributed by atoms with van der Waals surface area (Å²) in [5, 5.41) is 10.9. The molecule has 1 heterocycles. The number of nitrogens with one attached hydrogen (secondary N) is 2. The van der Waals surface area contributed by atoms with E-state index in [1.54, 1.807) is 7.11 Å². The topological polar surface area (TPSA) is 68.2 Å². The summed E-state index contributed by atoms with van der Waals surface area (Å²) in [7, 11) is 1.67. The molecule has 2 N–H and O–H groups in total. The SMILES string of the molecule is CCn1ncc2c1CCC[C@H]2N[C@H](C)C(=O)NCCCOC. The van der Waals surface area contributed by atoms with Crippen LogP contribution in [0.2, 0.25) is 0 Å². The molecular weight excluding hydrogens is 280 g/mol. The molecule has 22 heavy (non-hydrogen) atoms. The number of aryl methyl sites for hydroxylation is 1. The molecule has 124 valence electrons. The van der Waals surface area contributed by atoms with Crippen molar-refractivity contribution in [1.82, 2.24) is 20.4 Å². The van der Waals surface area contributed by atoms with Crippen molar-refractivity contribution in [2.24, 2.45) is 0 Å². The predicted octanol–water partition coefficient (Wildman–Crippen LogP) is 1.41. The van der Waals surface area contributed by atoms with Gasteiger partial charge in [-0.3, -0.25) is 14.8 Å². The molecule has 2 rings (SSSR count). The van der Waals surface area contributed by atoms with Crippen LogP contribution < -0.4 is 10.6 Å². The Morgan fingerprint density at radius 3 is 3.14 bits per heavy atom. The van der Waals surface area contributed by atoms with E-state index in [0.717, 1.165) is 32.2 Å². The van der Waals surface area contributed by atoms with Gasteiger partial charge in [-0.05, 0) is 39.5 Å². The first-order chi connectivity index (χ1) is 10.7. The number of nitrogens with zero attached hydrogens (tertiary/aromatic N) is 2. The summed E-state index contributed by atoms with van der Waals surface area (Å²) in [4.78, 5) is 12.1. The smallest absolute Gasteiger partial charge is 0.236 e. The second-order valence-corrected chi connectivity index (χ2v) is 5.83. The lowest BCUT2D eigenvalue weighted by Crippen LogP contribution is -2.44. The molecule has 6 heteroatoms. The maximum absolute atomic E-state index is 12.1. The van der Waals surface area contributed by atoms with Crippen molar-refractivity contribution in [3.05, 3.63) is 17.5 Å². The van der Waals surface area contributed by atoms with Crippen molar-refractivity contribution in [2.45, 2.75) is 58.2 Å². The molecule has 1 aromatic heterocycles. The summed E-state index contributed by atoms with van der Waals surface area (Å²) in [6.07, 6.45) is 6.08. The number of ether oxygens (including phenoxy) is 1. The number of aromatic nitrogens is 2. The lowest BCUT2D eigenvalue weighted by molar-refractivity contribution is -0.123. The summed E-state index contributed by atoms with van der Waals surface area (Å²) >= 11 is 0. The molecule has 6 nitrogen and oxygen atoms in total. The van der Waals surface area contributed by atoms with Crippen LogP contribution in [0.5, 0.6) is 0 Å². The van der Waals surface area contributed by atoms with Gasteiger partial charge in [-0.1, -0.05) is 0 Å². The average Bonchev–Trinajstić information content (AvgIpc) is 2.95. The normalized spacial score (nSPS) is 18.8. The predicted molar refractivity (Wildman–Crippen MR) is 85.7 cm³/mol. The van der Waals surface area contributed by atoms with Gasteiger partial charge in [-0.2, -0.15) is 5.10 Å². The minimum Gasteiger partial charge on any atom is -0.385 e. The van der Waals surface area contributed by atoms with Crippen molar-refractivity contribution in [3.63, 3.8) is 0 Å². The molecule has 0 aliphatic heterocycles. The minimum absolute atomic E-state index is 0.0473. The highest BCUT2D eigenvalue weighted by Gasteiger charge is 2.26. The van der Waals surface area contributed by atoms with E-state index in [1.807, 2.05) is 13.1 Å². The van der Waals surface area contributed by atoms with Crippen molar-refractivity contribution in [1.29, 1.82) is 0 Å². The molecule has 0 spiro atoms.